The molecule has 0 amide bonds. The molecule has 5 rings (SSSR count). The number of nitrogens with zero attached hydrogens (tertiary/aromatic N) is 2. The highest BCUT2D eigenvalue weighted by Gasteiger charge is 2.48. The van der Waals surface area contributed by atoms with Crippen LogP contribution in [0.15, 0.2) is 66.9 Å². The molecule has 12 heteroatoms. The van der Waals surface area contributed by atoms with E-state index >= 15 is 0 Å². The van der Waals surface area contributed by atoms with E-state index < -0.39 is 23.7 Å². The molecule has 234 valence electrons. The number of aromatic nitrogens is 1. The number of benzene rings is 2. The molecule has 0 bridgehead atoms. The fraction of sp³-hybridized carbons (Fsp3) is 0.344. The maximum atomic E-state index is 11.7. The van der Waals surface area contributed by atoms with Gasteiger partial charge in [0.15, 0.2) is 0 Å². The van der Waals surface area contributed by atoms with Crippen LogP contribution in [0.5, 0.6) is 5.75 Å². The number of fused-ring (bicyclic) bond motifs is 2. The average molecular weight is 633 g/mol. The highest BCUT2D eigenvalue weighted by atomic mass is 35.5. The second-order valence-corrected chi connectivity index (χ2v) is 11.7. The summed E-state index contributed by atoms with van der Waals surface area (Å²) in [5.41, 5.74) is 3.32. The van der Waals surface area contributed by atoms with Crippen LogP contribution in [0.4, 0.5) is 13.2 Å². The van der Waals surface area contributed by atoms with E-state index in [2.05, 4.69) is 29.8 Å². The number of carbonyl (C=O) groups is 2. The predicted molar refractivity (Wildman–Crippen MR) is 158 cm³/mol. The van der Waals surface area contributed by atoms with Gasteiger partial charge in [-0.1, -0.05) is 49.7 Å². The summed E-state index contributed by atoms with van der Waals surface area (Å²) in [7, 11) is 0. The van der Waals surface area contributed by atoms with Crippen molar-refractivity contribution >= 4 is 29.1 Å². The Hall–Kier alpha value is -3.93. The van der Waals surface area contributed by atoms with Gasteiger partial charge in [-0.2, -0.15) is 13.2 Å². The summed E-state index contributed by atoms with van der Waals surface area (Å²) in [6.07, 6.45) is 0.211. The number of hydrogen-bond donors (Lipinski definition) is 3. The molecule has 1 aromatic heterocycles. The summed E-state index contributed by atoms with van der Waals surface area (Å²) < 4.78 is 37.7. The number of aromatic carboxylic acids is 1. The maximum Gasteiger partial charge on any atom is 0.490 e. The summed E-state index contributed by atoms with van der Waals surface area (Å²) in [4.78, 5) is 27.5. The molecular weight excluding hydrogens is 601 g/mol. The van der Waals surface area contributed by atoms with Gasteiger partial charge in [0.25, 0.3) is 0 Å². The minimum Gasteiger partial charge on any atom is -0.487 e. The van der Waals surface area contributed by atoms with Crippen LogP contribution in [-0.4, -0.2) is 63.0 Å². The van der Waals surface area contributed by atoms with E-state index in [0.29, 0.717) is 23.8 Å². The Bertz CT molecular complexity index is 1560. The SMILES string of the molecule is CC1(C)CN(CCC=C2c3cc(C(=O)O)ccc3OCc3ncccc32)CC[C@]1(O)c1ccc(Cl)cc1.O=C(O)C(F)(F)F. The third-order valence-electron chi connectivity index (χ3n) is 7.95. The van der Waals surface area contributed by atoms with Crippen LogP contribution < -0.4 is 4.74 Å². The molecule has 3 heterocycles. The van der Waals surface area contributed by atoms with Crippen molar-refractivity contribution in [2.75, 3.05) is 19.6 Å². The fourth-order valence-electron chi connectivity index (χ4n) is 5.58. The Morgan fingerprint density at radius 3 is 2.39 bits per heavy atom. The van der Waals surface area contributed by atoms with Gasteiger partial charge in [0.1, 0.15) is 12.4 Å². The van der Waals surface area contributed by atoms with Gasteiger partial charge in [0.05, 0.1) is 16.9 Å². The van der Waals surface area contributed by atoms with Crippen LogP contribution in [0.3, 0.4) is 0 Å². The number of likely N-dealkylation sites (tertiary alicyclic amines) is 1. The van der Waals surface area contributed by atoms with Gasteiger partial charge in [0, 0.05) is 47.4 Å². The molecule has 0 unspecified atom stereocenters. The Labute approximate surface area is 257 Å². The lowest BCUT2D eigenvalue weighted by Gasteiger charge is -2.50. The first-order valence-electron chi connectivity index (χ1n) is 13.8. The van der Waals surface area contributed by atoms with Gasteiger partial charge in [-0.05, 0) is 60.4 Å². The number of aliphatic hydroxyl groups is 1. The lowest BCUT2D eigenvalue weighted by molar-refractivity contribution is -0.192. The molecule has 1 fully saturated rings. The van der Waals surface area contributed by atoms with Gasteiger partial charge in [-0.25, -0.2) is 9.59 Å². The second-order valence-electron chi connectivity index (χ2n) is 11.3. The third kappa shape index (κ3) is 7.23. The van der Waals surface area contributed by atoms with Crippen molar-refractivity contribution in [2.45, 2.75) is 45.1 Å². The molecule has 0 aliphatic carbocycles. The summed E-state index contributed by atoms with van der Waals surface area (Å²) in [5, 5.41) is 29.0. The van der Waals surface area contributed by atoms with E-state index in [-0.39, 0.29) is 11.0 Å². The third-order valence-corrected chi connectivity index (χ3v) is 8.20. The smallest absolute Gasteiger partial charge is 0.487 e. The maximum absolute atomic E-state index is 11.7. The van der Waals surface area contributed by atoms with Gasteiger partial charge in [-0.15, -0.1) is 0 Å². The molecular formula is C32H32ClF3N2O6. The zero-order valence-corrected chi connectivity index (χ0v) is 24.8. The van der Waals surface area contributed by atoms with Crippen molar-refractivity contribution in [3.63, 3.8) is 0 Å². The number of carboxylic acid groups (broad SMARTS) is 2. The van der Waals surface area contributed by atoms with E-state index in [1.54, 1.807) is 24.4 Å². The van der Waals surface area contributed by atoms with Crippen molar-refractivity contribution in [3.8, 4) is 5.75 Å². The summed E-state index contributed by atoms with van der Waals surface area (Å²) in [6.45, 7) is 6.88. The first-order valence-corrected chi connectivity index (χ1v) is 14.2. The topological polar surface area (TPSA) is 120 Å². The predicted octanol–water partition coefficient (Wildman–Crippen LogP) is 6.40. The number of rotatable bonds is 5. The van der Waals surface area contributed by atoms with E-state index in [9.17, 15) is 28.2 Å². The van der Waals surface area contributed by atoms with Crippen LogP contribution in [0.25, 0.3) is 5.57 Å². The lowest BCUT2D eigenvalue weighted by Crippen LogP contribution is -2.55. The Morgan fingerprint density at radius 1 is 1.09 bits per heavy atom. The van der Waals surface area contributed by atoms with E-state index in [4.69, 9.17) is 26.2 Å². The molecule has 8 nitrogen and oxygen atoms in total. The van der Waals surface area contributed by atoms with Crippen molar-refractivity contribution in [2.24, 2.45) is 5.41 Å². The molecule has 2 aliphatic heterocycles. The van der Waals surface area contributed by atoms with Gasteiger partial charge in [-0.3, -0.25) is 4.98 Å². The molecule has 44 heavy (non-hydrogen) atoms. The van der Waals surface area contributed by atoms with E-state index in [1.165, 1.54) is 0 Å². The normalized spacial score (nSPS) is 20.3. The largest absolute Gasteiger partial charge is 0.490 e. The quantitative estimate of drug-likeness (QED) is 0.296. The van der Waals surface area contributed by atoms with Crippen LogP contribution in [0.1, 0.15) is 59.4 Å². The van der Waals surface area contributed by atoms with E-state index in [1.807, 2.05) is 36.4 Å². The van der Waals surface area contributed by atoms with Crippen molar-refractivity contribution < 1.29 is 42.8 Å². The molecule has 1 saturated heterocycles. The average Bonchev–Trinajstić information content (AvgIpc) is 3.11. The number of hydrogen-bond acceptors (Lipinski definition) is 6. The standard InChI is InChI=1S/C30H31ClN2O4.C2HF3O2/c1-29(2)19-33(16-13-30(29,36)21-8-10-22(31)11-9-21)15-4-6-23-24-5-3-14-32-26(24)18-37-27-12-7-20(28(34)35)17-25(23)27;3-2(4,5)1(6)7/h3,5-12,14,17,36H,4,13,15-16,18-19H2,1-2H3,(H,34,35);(H,6,7)/t30-;/m0./s1. The zero-order chi connectivity index (χ0) is 32.3. The number of alkyl halides is 3. The monoisotopic (exact) mass is 632 g/mol. The highest BCUT2D eigenvalue weighted by molar-refractivity contribution is 6.30. The Morgan fingerprint density at radius 2 is 1.77 bits per heavy atom. The van der Waals surface area contributed by atoms with Crippen molar-refractivity contribution in [1.29, 1.82) is 0 Å². The van der Waals surface area contributed by atoms with Gasteiger partial charge < -0.3 is 25.0 Å². The highest BCUT2D eigenvalue weighted by Crippen LogP contribution is 2.46. The molecule has 1 atom stereocenters. The number of halogens is 4. The molecule has 3 N–H and O–H groups in total. The van der Waals surface area contributed by atoms with Gasteiger partial charge >= 0.3 is 18.1 Å². The minimum atomic E-state index is -5.08. The minimum absolute atomic E-state index is 0.222. The van der Waals surface area contributed by atoms with Crippen LogP contribution in [0, 0.1) is 5.41 Å². The number of piperidine rings is 1. The first kappa shape index (κ1) is 33.0. The summed E-state index contributed by atoms with van der Waals surface area (Å²) >= 11 is 6.07. The van der Waals surface area contributed by atoms with Crippen LogP contribution in [0.2, 0.25) is 5.02 Å². The molecule has 0 saturated carbocycles. The molecule has 3 aromatic rings. The Balaban J connectivity index is 0.000000566. The number of carboxylic acids is 2. The van der Waals surface area contributed by atoms with Crippen LogP contribution in [-0.2, 0) is 17.0 Å². The van der Waals surface area contributed by atoms with Gasteiger partial charge in [0.2, 0.25) is 0 Å². The lowest BCUT2D eigenvalue weighted by atomic mass is 9.66. The fourth-order valence-corrected chi connectivity index (χ4v) is 5.70. The Kier molecular flexibility index (Phi) is 9.72. The van der Waals surface area contributed by atoms with E-state index in [0.717, 1.165) is 54.0 Å². The zero-order valence-electron chi connectivity index (χ0n) is 24.1. The van der Waals surface area contributed by atoms with Crippen LogP contribution >= 0.6 is 11.6 Å². The molecule has 0 radical (unpaired) electrons. The number of ether oxygens (including phenoxy) is 1. The number of pyridine rings is 1. The van der Waals surface area contributed by atoms with Crippen molar-refractivity contribution in [3.05, 3.63) is 99.8 Å². The molecule has 2 aliphatic rings. The summed E-state index contributed by atoms with van der Waals surface area (Å²) in [5.74, 6) is -3.07. The summed E-state index contributed by atoms with van der Waals surface area (Å²) in [6, 6.07) is 16.4. The molecule has 2 aromatic carbocycles. The van der Waals surface area contributed by atoms with Crippen molar-refractivity contribution in [1.82, 2.24) is 9.88 Å². The first-order chi connectivity index (χ1) is 20.6. The number of aliphatic carboxylic acids is 1. The molecule has 0 spiro atoms. The second kappa shape index (κ2) is 13.0.